The number of hydrogen-bond acceptors (Lipinski definition) is 6. The molecule has 6 nitrogen and oxygen atoms in total. The minimum absolute atomic E-state index is 0.0969. The van der Waals surface area contributed by atoms with Gasteiger partial charge in [0.2, 0.25) is 0 Å². The average molecular weight is 479 g/mol. The first-order valence-corrected chi connectivity index (χ1v) is 20.4. The van der Waals surface area contributed by atoms with Crippen molar-refractivity contribution in [3.63, 3.8) is 0 Å². The highest BCUT2D eigenvalue weighted by atomic mass is 28.4. The fraction of sp³-hybridized carbons (Fsp3) is 1.00. The van der Waals surface area contributed by atoms with Crippen LogP contribution >= 0.6 is 0 Å². The van der Waals surface area contributed by atoms with Crippen molar-refractivity contribution in [2.75, 3.05) is 26.2 Å². The van der Waals surface area contributed by atoms with Crippen LogP contribution in [0.3, 0.4) is 0 Å². The van der Waals surface area contributed by atoms with Gasteiger partial charge in [0.1, 0.15) is 0 Å². The zero-order valence-electron chi connectivity index (χ0n) is 21.2. The molecule has 0 aliphatic carbocycles. The third-order valence-corrected chi connectivity index (χ3v) is 18.0. The summed E-state index contributed by atoms with van der Waals surface area (Å²) in [4.78, 5) is 0. The van der Waals surface area contributed by atoms with Crippen molar-refractivity contribution < 1.29 is 8.23 Å². The fourth-order valence-electron chi connectivity index (χ4n) is 4.32. The van der Waals surface area contributed by atoms with E-state index in [9.17, 15) is 0 Å². The third kappa shape index (κ3) is 10.8. The minimum Gasteiger partial charge on any atom is -0.439 e. The predicted molar refractivity (Wildman–Crippen MR) is 140 cm³/mol. The maximum absolute atomic E-state index is 6.59. The van der Waals surface area contributed by atoms with Gasteiger partial charge in [0.25, 0.3) is 9.28 Å². The van der Waals surface area contributed by atoms with Gasteiger partial charge in [-0.25, -0.2) is 0 Å². The van der Waals surface area contributed by atoms with Crippen LogP contribution in [-0.4, -0.2) is 52.1 Å². The van der Waals surface area contributed by atoms with Crippen molar-refractivity contribution in [1.82, 2.24) is 0 Å². The van der Waals surface area contributed by atoms with E-state index in [4.69, 9.17) is 31.2 Å². The summed E-state index contributed by atoms with van der Waals surface area (Å²) in [5, 5.41) is 0. The Morgan fingerprint density at radius 1 is 0.667 bits per heavy atom. The lowest BCUT2D eigenvalue weighted by atomic mass is 9.81. The Morgan fingerprint density at radius 3 is 1.20 bits per heavy atom. The van der Waals surface area contributed by atoms with E-state index in [1.54, 1.807) is 0 Å². The van der Waals surface area contributed by atoms with Crippen LogP contribution < -0.4 is 22.9 Å². The number of rotatable bonds is 18. The molecule has 0 aromatic rings. The second-order valence-corrected chi connectivity index (χ2v) is 21.6. The van der Waals surface area contributed by atoms with Crippen molar-refractivity contribution in [2.24, 2.45) is 33.8 Å². The SMILES string of the molecule is CCC(CN)(CN)CCC[Si](C)(C)O[SiH](C)O[Si](C)(C)CCCC(CC)(CN)CN. The molecule has 0 radical (unpaired) electrons. The van der Waals surface area contributed by atoms with Gasteiger partial charge in [-0.2, -0.15) is 0 Å². The van der Waals surface area contributed by atoms with Crippen molar-refractivity contribution >= 4 is 25.9 Å². The van der Waals surface area contributed by atoms with Crippen LogP contribution in [0.25, 0.3) is 0 Å². The summed E-state index contributed by atoms with van der Waals surface area (Å²) < 4.78 is 13.2. The summed E-state index contributed by atoms with van der Waals surface area (Å²) >= 11 is 0. The Bertz CT molecular complexity index is 403. The monoisotopic (exact) mass is 478 g/mol. The van der Waals surface area contributed by atoms with Crippen molar-refractivity contribution in [1.29, 1.82) is 0 Å². The molecule has 0 atom stereocenters. The van der Waals surface area contributed by atoms with Gasteiger partial charge in [-0.05, 0) is 108 Å². The summed E-state index contributed by atoms with van der Waals surface area (Å²) in [6.07, 6.45) is 6.56. The van der Waals surface area contributed by atoms with E-state index in [0.717, 1.165) is 50.6 Å². The molecule has 182 valence electrons. The van der Waals surface area contributed by atoms with Crippen molar-refractivity contribution in [2.45, 2.75) is 97.2 Å². The molecule has 0 aromatic carbocycles. The first kappa shape index (κ1) is 30.4. The highest BCUT2D eigenvalue weighted by Gasteiger charge is 2.33. The summed E-state index contributed by atoms with van der Waals surface area (Å²) in [6, 6.07) is 2.28. The van der Waals surface area contributed by atoms with E-state index < -0.39 is 25.9 Å². The van der Waals surface area contributed by atoms with Gasteiger partial charge >= 0.3 is 0 Å². The van der Waals surface area contributed by atoms with Gasteiger partial charge in [-0.1, -0.05) is 26.7 Å². The molecule has 0 fully saturated rings. The molecule has 0 bridgehead atoms. The molecule has 0 heterocycles. The molecule has 0 aromatic heterocycles. The van der Waals surface area contributed by atoms with Crippen LogP contribution in [0, 0.1) is 10.8 Å². The minimum atomic E-state index is -1.74. The zero-order chi connectivity index (χ0) is 23.5. The summed E-state index contributed by atoms with van der Waals surface area (Å²) in [6.45, 7) is 18.6. The maximum Gasteiger partial charge on any atom is 0.297 e. The van der Waals surface area contributed by atoms with Crippen molar-refractivity contribution in [3.05, 3.63) is 0 Å². The fourth-order valence-corrected chi connectivity index (χ4v) is 15.1. The Kier molecular flexibility index (Phi) is 14.0. The van der Waals surface area contributed by atoms with E-state index in [2.05, 4.69) is 46.6 Å². The maximum atomic E-state index is 6.59. The molecule has 0 spiro atoms. The van der Waals surface area contributed by atoms with Crippen LogP contribution in [-0.2, 0) is 8.23 Å². The summed E-state index contributed by atoms with van der Waals surface area (Å²) in [5.41, 5.74) is 24.2. The predicted octanol–water partition coefficient (Wildman–Crippen LogP) is 3.47. The second-order valence-electron chi connectivity index (χ2n) is 10.6. The highest BCUT2D eigenvalue weighted by molar-refractivity contribution is 6.81. The van der Waals surface area contributed by atoms with Gasteiger partial charge < -0.3 is 31.2 Å². The molecular weight excluding hydrogens is 425 g/mol. The van der Waals surface area contributed by atoms with Crippen LogP contribution in [0.2, 0.25) is 44.8 Å². The highest BCUT2D eigenvalue weighted by Crippen LogP contribution is 2.30. The van der Waals surface area contributed by atoms with Gasteiger partial charge in [0.05, 0.1) is 0 Å². The molecule has 0 saturated heterocycles. The Labute approximate surface area is 191 Å². The Morgan fingerprint density at radius 2 is 0.967 bits per heavy atom. The van der Waals surface area contributed by atoms with Crippen LogP contribution in [0.1, 0.15) is 52.4 Å². The quantitative estimate of drug-likeness (QED) is 0.224. The Hall–Kier alpha value is 0.411. The molecule has 0 saturated carbocycles. The number of nitrogens with two attached hydrogens (primary N) is 4. The standard InChI is InChI=1S/C21H54N4O2Si3/c1-8-20(16-22,17-23)12-10-14-29(4,5)26-28(3)27-30(6,7)15-11-13-21(9-2,18-24)19-25/h28H,8-19,22-25H2,1-7H3. The van der Waals surface area contributed by atoms with E-state index in [1.807, 2.05) is 0 Å². The third-order valence-electron chi connectivity index (χ3n) is 7.17. The second kappa shape index (κ2) is 13.8. The molecular formula is C21H54N4O2Si3. The van der Waals surface area contributed by atoms with E-state index in [1.165, 1.54) is 0 Å². The lowest BCUT2D eigenvalue weighted by molar-refractivity contribution is 0.267. The van der Waals surface area contributed by atoms with Gasteiger partial charge in [0, 0.05) is 0 Å². The molecule has 0 amide bonds. The summed E-state index contributed by atoms with van der Waals surface area (Å²) in [5.74, 6) is 0. The van der Waals surface area contributed by atoms with Crippen molar-refractivity contribution in [3.8, 4) is 0 Å². The normalized spacial score (nSPS) is 14.0. The van der Waals surface area contributed by atoms with Gasteiger partial charge in [0.15, 0.2) is 16.6 Å². The lowest BCUT2D eigenvalue weighted by Gasteiger charge is -2.35. The number of hydrogen-bond donors (Lipinski definition) is 4. The van der Waals surface area contributed by atoms with E-state index in [0.29, 0.717) is 26.2 Å². The summed E-state index contributed by atoms with van der Waals surface area (Å²) in [7, 11) is -5.12. The van der Waals surface area contributed by atoms with E-state index >= 15 is 0 Å². The average Bonchev–Trinajstić information content (AvgIpc) is 2.68. The molecule has 0 aliphatic rings. The van der Waals surface area contributed by atoms with Crippen LogP contribution in [0.5, 0.6) is 0 Å². The first-order chi connectivity index (χ1) is 13.9. The topological polar surface area (TPSA) is 123 Å². The zero-order valence-corrected chi connectivity index (χ0v) is 24.3. The molecule has 0 unspecified atom stereocenters. The first-order valence-electron chi connectivity index (χ1n) is 12.0. The smallest absolute Gasteiger partial charge is 0.297 e. The van der Waals surface area contributed by atoms with Gasteiger partial charge in [-0.15, -0.1) is 0 Å². The van der Waals surface area contributed by atoms with E-state index in [-0.39, 0.29) is 10.8 Å². The molecule has 8 N–H and O–H groups in total. The molecule has 30 heavy (non-hydrogen) atoms. The van der Waals surface area contributed by atoms with Crippen LogP contribution in [0.15, 0.2) is 0 Å². The molecule has 0 rings (SSSR count). The largest absolute Gasteiger partial charge is 0.439 e. The van der Waals surface area contributed by atoms with Gasteiger partial charge in [-0.3, -0.25) is 0 Å². The van der Waals surface area contributed by atoms with Crippen LogP contribution in [0.4, 0.5) is 0 Å². The molecule has 9 heteroatoms. The molecule has 0 aliphatic heterocycles. The Balaban J connectivity index is 4.54. The lowest BCUT2D eigenvalue weighted by Crippen LogP contribution is -2.45.